The van der Waals surface area contributed by atoms with Crippen molar-refractivity contribution in [3.8, 4) is 0 Å². The van der Waals surface area contributed by atoms with Crippen LogP contribution in [0.15, 0.2) is 23.1 Å². The third-order valence-electron chi connectivity index (χ3n) is 4.00. The van der Waals surface area contributed by atoms with Gasteiger partial charge < -0.3 is 5.11 Å². The second-order valence-electron chi connectivity index (χ2n) is 5.66. The summed E-state index contributed by atoms with van der Waals surface area (Å²) < 4.78 is 40.0. The van der Waals surface area contributed by atoms with Gasteiger partial charge in [0.15, 0.2) is 0 Å². The Labute approximate surface area is 123 Å². The van der Waals surface area contributed by atoms with Crippen LogP contribution in [0.5, 0.6) is 0 Å². The van der Waals surface area contributed by atoms with Gasteiger partial charge in [0, 0.05) is 6.54 Å². The number of aliphatic carboxylic acids is 1. The summed E-state index contributed by atoms with van der Waals surface area (Å²) in [5.41, 5.74) is -0.171. The summed E-state index contributed by atoms with van der Waals surface area (Å²) in [4.78, 5) is 10.9. The number of nitrogens with one attached hydrogen (secondary N) is 1. The molecular weight excluding hydrogens is 297 g/mol. The van der Waals surface area contributed by atoms with E-state index >= 15 is 0 Å². The number of halogens is 1. The normalized spacial score (nSPS) is 17.2. The van der Waals surface area contributed by atoms with E-state index in [0.29, 0.717) is 18.4 Å². The van der Waals surface area contributed by atoms with Crippen LogP contribution in [-0.4, -0.2) is 26.0 Å². The van der Waals surface area contributed by atoms with Gasteiger partial charge in [-0.25, -0.2) is 17.5 Å². The van der Waals surface area contributed by atoms with Gasteiger partial charge in [0.2, 0.25) is 10.0 Å². The molecule has 0 atom stereocenters. The molecule has 0 aromatic heterocycles. The van der Waals surface area contributed by atoms with Crippen LogP contribution in [0.2, 0.25) is 0 Å². The molecule has 2 rings (SSSR count). The average Bonchev–Trinajstić information content (AvgIpc) is 2.31. The van der Waals surface area contributed by atoms with Crippen molar-refractivity contribution in [1.82, 2.24) is 4.72 Å². The molecule has 1 aliphatic carbocycles. The molecule has 0 spiro atoms. The third kappa shape index (κ3) is 3.59. The minimum absolute atomic E-state index is 0.0219. The molecule has 5 nitrogen and oxygen atoms in total. The molecule has 2 N–H and O–H groups in total. The molecule has 0 unspecified atom stereocenters. The van der Waals surface area contributed by atoms with Crippen molar-refractivity contribution in [3.05, 3.63) is 29.6 Å². The first-order chi connectivity index (χ1) is 9.74. The van der Waals surface area contributed by atoms with Crippen molar-refractivity contribution in [2.75, 3.05) is 6.54 Å². The number of aryl methyl sites for hydroxylation is 1. The highest BCUT2D eigenvalue weighted by Gasteiger charge is 2.39. The summed E-state index contributed by atoms with van der Waals surface area (Å²) in [5.74, 6) is -1.42. The van der Waals surface area contributed by atoms with Crippen LogP contribution in [0.4, 0.5) is 4.39 Å². The van der Waals surface area contributed by atoms with Gasteiger partial charge in [-0.05, 0) is 48.9 Å². The molecule has 0 saturated heterocycles. The van der Waals surface area contributed by atoms with Crippen LogP contribution >= 0.6 is 0 Å². The van der Waals surface area contributed by atoms with Crippen molar-refractivity contribution in [3.63, 3.8) is 0 Å². The zero-order valence-electron chi connectivity index (χ0n) is 11.7. The number of benzene rings is 1. The molecule has 7 heteroatoms. The second kappa shape index (κ2) is 5.73. The fraction of sp³-hybridized carbons (Fsp3) is 0.500. The smallest absolute Gasteiger partial charge is 0.303 e. The zero-order valence-corrected chi connectivity index (χ0v) is 12.5. The van der Waals surface area contributed by atoms with Crippen molar-refractivity contribution >= 4 is 16.0 Å². The molecule has 0 radical (unpaired) electrons. The molecule has 1 aliphatic rings. The second-order valence-corrected chi connectivity index (χ2v) is 7.39. The Bertz CT molecular complexity index is 653. The van der Waals surface area contributed by atoms with E-state index in [1.54, 1.807) is 0 Å². The predicted octanol–water partition coefficient (Wildman–Crippen LogP) is 2.06. The predicted molar refractivity (Wildman–Crippen MR) is 74.9 cm³/mol. The van der Waals surface area contributed by atoms with E-state index in [1.165, 1.54) is 13.0 Å². The van der Waals surface area contributed by atoms with Gasteiger partial charge in [-0.2, -0.15) is 0 Å². The van der Waals surface area contributed by atoms with Gasteiger partial charge in [0.25, 0.3) is 0 Å². The zero-order chi connectivity index (χ0) is 15.7. The molecule has 0 amide bonds. The first-order valence-corrected chi connectivity index (χ1v) is 8.20. The lowest BCUT2D eigenvalue weighted by Crippen LogP contribution is -2.43. The van der Waals surface area contributed by atoms with E-state index in [0.717, 1.165) is 18.6 Å². The number of hydrogen-bond acceptors (Lipinski definition) is 3. The summed E-state index contributed by atoms with van der Waals surface area (Å²) in [7, 11) is -3.76. The molecule has 1 aromatic rings. The van der Waals surface area contributed by atoms with E-state index in [1.807, 2.05) is 0 Å². The molecular formula is C14H18FNO4S. The highest BCUT2D eigenvalue weighted by Crippen LogP contribution is 2.43. The van der Waals surface area contributed by atoms with Gasteiger partial charge >= 0.3 is 5.97 Å². The maximum atomic E-state index is 13.0. The van der Waals surface area contributed by atoms with Crippen LogP contribution in [0, 0.1) is 18.2 Å². The molecule has 116 valence electrons. The van der Waals surface area contributed by atoms with Gasteiger partial charge in [-0.15, -0.1) is 0 Å². The van der Waals surface area contributed by atoms with Crippen LogP contribution in [-0.2, 0) is 14.8 Å². The Balaban J connectivity index is 2.12. The van der Waals surface area contributed by atoms with Crippen LogP contribution in [0.1, 0.15) is 31.2 Å². The molecule has 1 saturated carbocycles. The summed E-state index contributed by atoms with van der Waals surface area (Å²) >= 11 is 0. The van der Waals surface area contributed by atoms with E-state index in [4.69, 9.17) is 5.11 Å². The Morgan fingerprint density at radius 2 is 2.10 bits per heavy atom. The lowest BCUT2D eigenvalue weighted by atomic mass is 9.67. The van der Waals surface area contributed by atoms with Gasteiger partial charge in [-0.1, -0.05) is 6.42 Å². The molecule has 0 bridgehead atoms. The quantitative estimate of drug-likeness (QED) is 0.841. The maximum Gasteiger partial charge on any atom is 0.303 e. The summed E-state index contributed by atoms with van der Waals surface area (Å²) in [6.45, 7) is 1.62. The van der Waals surface area contributed by atoms with Gasteiger partial charge in [-0.3, -0.25) is 4.79 Å². The van der Waals surface area contributed by atoms with E-state index in [2.05, 4.69) is 4.72 Å². The van der Waals surface area contributed by atoms with Gasteiger partial charge in [0.1, 0.15) is 5.82 Å². The monoisotopic (exact) mass is 315 g/mol. The minimum atomic E-state index is -3.76. The standard InChI is InChI=1S/C14H18FNO4S/c1-10-7-11(15)3-4-12(10)21(19,20)16-9-14(5-2-6-14)8-13(17)18/h3-4,7,16H,2,5-6,8-9H2,1H3,(H,17,18). The van der Waals surface area contributed by atoms with Crippen LogP contribution in [0.3, 0.4) is 0 Å². The summed E-state index contributed by atoms with van der Waals surface area (Å²) in [6, 6.07) is 3.47. The van der Waals surface area contributed by atoms with Crippen molar-refractivity contribution in [1.29, 1.82) is 0 Å². The molecule has 1 aromatic carbocycles. The minimum Gasteiger partial charge on any atom is -0.481 e. The first-order valence-electron chi connectivity index (χ1n) is 6.72. The van der Waals surface area contributed by atoms with E-state index in [9.17, 15) is 17.6 Å². The maximum absolute atomic E-state index is 13.0. The molecule has 0 heterocycles. The van der Waals surface area contributed by atoms with Gasteiger partial charge in [0.05, 0.1) is 11.3 Å². The fourth-order valence-electron chi connectivity index (χ4n) is 2.65. The Morgan fingerprint density at radius 3 is 2.57 bits per heavy atom. The highest BCUT2D eigenvalue weighted by atomic mass is 32.2. The average molecular weight is 315 g/mol. The Morgan fingerprint density at radius 1 is 1.43 bits per heavy atom. The lowest BCUT2D eigenvalue weighted by molar-refractivity contribution is -0.141. The molecule has 1 fully saturated rings. The van der Waals surface area contributed by atoms with Crippen LogP contribution in [0.25, 0.3) is 0 Å². The SMILES string of the molecule is Cc1cc(F)ccc1S(=O)(=O)NCC1(CC(=O)O)CCC1. The number of sulfonamides is 1. The van der Waals surface area contributed by atoms with E-state index in [-0.39, 0.29) is 17.9 Å². The Hall–Kier alpha value is -1.47. The largest absolute Gasteiger partial charge is 0.481 e. The summed E-state index contributed by atoms with van der Waals surface area (Å²) in [5, 5.41) is 8.92. The lowest BCUT2D eigenvalue weighted by Gasteiger charge is -2.40. The third-order valence-corrected chi connectivity index (χ3v) is 5.57. The topological polar surface area (TPSA) is 83.5 Å². The molecule has 21 heavy (non-hydrogen) atoms. The number of carboxylic acids is 1. The number of carboxylic acid groups (broad SMARTS) is 1. The number of carbonyl (C=O) groups is 1. The Kier molecular flexibility index (Phi) is 4.34. The first kappa shape index (κ1) is 15.9. The highest BCUT2D eigenvalue weighted by molar-refractivity contribution is 7.89. The van der Waals surface area contributed by atoms with E-state index < -0.39 is 27.2 Å². The molecule has 0 aliphatic heterocycles. The van der Waals surface area contributed by atoms with Crippen LogP contribution < -0.4 is 4.72 Å². The number of rotatable bonds is 6. The van der Waals surface area contributed by atoms with Crippen molar-refractivity contribution < 1.29 is 22.7 Å². The van der Waals surface area contributed by atoms with Crippen molar-refractivity contribution in [2.45, 2.75) is 37.5 Å². The van der Waals surface area contributed by atoms with Crippen molar-refractivity contribution in [2.24, 2.45) is 5.41 Å². The fourth-order valence-corrected chi connectivity index (χ4v) is 4.04. The summed E-state index contributed by atoms with van der Waals surface area (Å²) in [6.07, 6.45) is 2.26. The number of hydrogen-bond donors (Lipinski definition) is 2.